The van der Waals surface area contributed by atoms with Crippen LogP contribution in [0.25, 0.3) is 0 Å². The third-order valence-corrected chi connectivity index (χ3v) is 4.44. The molecule has 1 saturated heterocycles. The fourth-order valence-corrected chi connectivity index (χ4v) is 3.38. The van der Waals surface area contributed by atoms with E-state index in [1.54, 1.807) is 22.0 Å². The highest BCUT2D eigenvalue weighted by Gasteiger charge is 2.36. The van der Waals surface area contributed by atoms with Crippen molar-refractivity contribution in [3.63, 3.8) is 0 Å². The van der Waals surface area contributed by atoms with Gasteiger partial charge in [0.25, 0.3) is 5.91 Å². The summed E-state index contributed by atoms with van der Waals surface area (Å²) in [6.45, 7) is 2.11. The Balaban J connectivity index is 1.71. The van der Waals surface area contributed by atoms with Gasteiger partial charge in [-0.15, -0.1) is 5.10 Å². The van der Waals surface area contributed by atoms with Gasteiger partial charge in [0.05, 0.1) is 19.3 Å². The molecular formula is C18H25N5O2. The number of hydrogen-bond donors (Lipinski definition) is 1. The van der Waals surface area contributed by atoms with Gasteiger partial charge in [0.2, 0.25) is 0 Å². The van der Waals surface area contributed by atoms with Crippen LogP contribution < -0.4 is 0 Å². The second kappa shape index (κ2) is 7.33. The highest BCUT2D eigenvalue weighted by Crippen LogP contribution is 2.24. The standard InChI is InChI=1S/C18H25N5O2/c1-21(2)12-15-5-3-6-16(11-15)17(24)22-9-4-7-18(25,13-22)14-23-10-8-19-20-23/h3,5-6,8,10-11,25H,4,7,9,12-14H2,1-2H3. The quantitative estimate of drug-likeness (QED) is 0.877. The molecule has 1 unspecified atom stereocenters. The minimum atomic E-state index is -0.969. The van der Waals surface area contributed by atoms with Crippen LogP contribution in [0.3, 0.4) is 0 Å². The number of carbonyl (C=O) groups is 1. The predicted octanol–water partition coefficient (Wildman–Crippen LogP) is 1.01. The van der Waals surface area contributed by atoms with Crippen LogP contribution in [0, 0.1) is 0 Å². The monoisotopic (exact) mass is 343 g/mol. The summed E-state index contributed by atoms with van der Waals surface area (Å²) >= 11 is 0. The Morgan fingerprint density at radius 3 is 2.96 bits per heavy atom. The maximum absolute atomic E-state index is 12.9. The Kier molecular flexibility index (Phi) is 5.15. The van der Waals surface area contributed by atoms with Crippen LogP contribution in [0.1, 0.15) is 28.8 Å². The smallest absolute Gasteiger partial charge is 0.253 e. The first-order valence-electron chi connectivity index (χ1n) is 8.55. The molecule has 0 aliphatic carbocycles. The SMILES string of the molecule is CN(C)Cc1cccc(C(=O)N2CCCC(O)(Cn3ccnn3)C2)c1. The maximum Gasteiger partial charge on any atom is 0.253 e. The van der Waals surface area contributed by atoms with E-state index in [1.165, 1.54) is 0 Å². The highest BCUT2D eigenvalue weighted by atomic mass is 16.3. The number of piperidine rings is 1. The molecule has 134 valence electrons. The van der Waals surface area contributed by atoms with Crippen LogP contribution in [-0.4, -0.2) is 68.6 Å². The molecule has 1 fully saturated rings. The molecule has 3 rings (SSSR count). The van der Waals surface area contributed by atoms with Crippen molar-refractivity contribution in [3.8, 4) is 0 Å². The highest BCUT2D eigenvalue weighted by molar-refractivity contribution is 5.94. The topological polar surface area (TPSA) is 74.5 Å². The predicted molar refractivity (Wildman–Crippen MR) is 93.9 cm³/mol. The lowest BCUT2D eigenvalue weighted by Crippen LogP contribution is -2.52. The maximum atomic E-state index is 12.9. The average molecular weight is 343 g/mol. The molecule has 1 amide bonds. The molecule has 25 heavy (non-hydrogen) atoms. The van der Waals surface area contributed by atoms with Crippen LogP contribution in [-0.2, 0) is 13.1 Å². The Bertz CT molecular complexity index is 716. The van der Waals surface area contributed by atoms with Crippen molar-refractivity contribution >= 4 is 5.91 Å². The first-order valence-corrected chi connectivity index (χ1v) is 8.55. The molecule has 0 radical (unpaired) electrons. The minimum absolute atomic E-state index is 0.0303. The molecule has 1 aliphatic heterocycles. The van der Waals surface area contributed by atoms with E-state index in [2.05, 4.69) is 15.2 Å². The average Bonchev–Trinajstić information content (AvgIpc) is 3.06. The van der Waals surface area contributed by atoms with Crippen molar-refractivity contribution in [2.75, 3.05) is 27.2 Å². The van der Waals surface area contributed by atoms with E-state index >= 15 is 0 Å². The molecule has 2 heterocycles. The molecule has 7 heteroatoms. The first kappa shape index (κ1) is 17.6. The van der Waals surface area contributed by atoms with E-state index in [0.29, 0.717) is 31.6 Å². The molecule has 7 nitrogen and oxygen atoms in total. The molecule has 0 spiro atoms. The second-order valence-electron chi connectivity index (χ2n) is 7.09. The largest absolute Gasteiger partial charge is 0.386 e. The lowest BCUT2D eigenvalue weighted by atomic mass is 9.92. The lowest BCUT2D eigenvalue weighted by Gasteiger charge is -2.39. The van der Waals surface area contributed by atoms with E-state index in [9.17, 15) is 9.90 Å². The summed E-state index contributed by atoms with van der Waals surface area (Å²) in [5.41, 5.74) is 0.804. The normalized spacial score (nSPS) is 20.9. The van der Waals surface area contributed by atoms with Gasteiger partial charge < -0.3 is 14.9 Å². The van der Waals surface area contributed by atoms with Gasteiger partial charge in [-0.25, -0.2) is 4.68 Å². The zero-order valence-electron chi connectivity index (χ0n) is 14.8. The molecule has 1 aromatic carbocycles. The van der Waals surface area contributed by atoms with E-state index in [-0.39, 0.29) is 5.91 Å². The summed E-state index contributed by atoms with van der Waals surface area (Å²) in [6, 6.07) is 7.71. The number of carbonyl (C=O) groups excluding carboxylic acids is 1. The molecular weight excluding hydrogens is 318 g/mol. The Hall–Kier alpha value is -2.25. The molecule has 1 aromatic heterocycles. The number of amides is 1. The zero-order valence-corrected chi connectivity index (χ0v) is 14.8. The Labute approximate surface area is 147 Å². The van der Waals surface area contributed by atoms with Crippen LogP contribution in [0.15, 0.2) is 36.7 Å². The minimum Gasteiger partial charge on any atom is -0.386 e. The number of nitrogens with zero attached hydrogens (tertiary/aromatic N) is 5. The number of β-amino-alcohol motifs (C(OH)–C–C–N with tert-alkyl or cyclic N) is 1. The van der Waals surface area contributed by atoms with Crippen molar-refractivity contribution < 1.29 is 9.90 Å². The number of aliphatic hydroxyl groups is 1. The van der Waals surface area contributed by atoms with Crippen LogP contribution in [0.4, 0.5) is 0 Å². The number of benzene rings is 1. The molecule has 1 N–H and O–H groups in total. The van der Waals surface area contributed by atoms with E-state index < -0.39 is 5.60 Å². The summed E-state index contributed by atoms with van der Waals surface area (Å²) in [5.74, 6) is -0.0303. The molecule has 0 bridgehead atoms. The number of rotatable bonds is 5. The van der Waals surface area contributed by atoms with Crippen LogP contribution >= 0.6 is 0 Å². The van der Waals surface area contributed by atoms with Gasteiger partial charge in [0.15, 0.2) is 0 Å². The van der Waals surface area contributed by atoms with Gasteiger partial charge in [-0.1, -0.05) is 17.3 Å². The van der Waals surface area contributed by atoms with Gasteiger partial charge in [0.1, 0.15) is 5.60 Å². The molecule has 1 atom stereocenters. The van der Waals surface area contributed by atoms with Gasteiger partial charge in [0, 0.05) is 24.8 Å². The fourth-order valence-electron chi connectivity index (χ4n) is 3.38. The summed E-state index contributed by atoms with van der Waals surface area (Å²) < 4.78 is 1.62. The third kappa shape index (κ3) is 4.43. The van der Waals surface area contributed by atoms with Crippen LogP contribution in [0.2, 0.25) is 0 Å². The first-order chi connectivity index (χ1) is 12.0. The molecule has 0 saturated carbocycles. The van der Waals surface area contributed by atoms with Gasteiger partial charge >= 0.3 is 0 Å². The van der Waals surface area contributed by atoms with Gasteiger partial charge in [-0.05, 0) is 44.6 Å². The zero-order chi connectivity index (χ0) is 17.9. The van der Waals surface area contributed by atoms with Crippen molar-refractivity contribution in [1.29, 1.82) is 0 Å². The third-order valence-electron chi connectivity index (χ3n) is 4.44. The van der Waals surface area contributed by atoms with Crippen molar-refractivity contribution in [2.45, 2.75) is 31.5 Å². The molecule has 2 aromatic rings. The van der Waals surface area contributed by atoms with E-state index in [0.717, 1.165) is 18.5 Å². The Morgan fingerprint density at radius 2 is 2.24 bits per heavy atom. The van der Waals surface area contributed by atoms with Gasteiger partial charge in [-0.2, -0.15) is 0 Å². The van der Waals surface area contributed by atoms with Crippen molar-refractivity contribution in [3.05, 3.63) is 47.8 Å². The number of aromatic nitrogens is 3. The fraction of sp³-hybridized carbons (Fsp3) is 0.500. The Morgan fingerprint density at radius 1 is 1.40 bits per heavy atom. The molecule has 1 aliphatic rings. The summed E-state index contributed by atoms with van der Waals surface area (Å²) in [4.78, 5) is 16.7. The van der Waals surface area contributed by atoms with Crippen LogP contribution in [0.5, 0.6) is 0 Å². The van der Waals surface area contributed by atoms with Crippen molar-refractivity contribution in [1.82, 2.24) is 24.8 Å². The second-order valence-corrected chi connectivity index (χ2v) is 7.09. The van der Waals surface area contributed by atoms with E-state index in [4.69, 9.17) is 0 Å². The summed E-state index contributed by atoms with van der Waals surface area (Å²) in [5, 5.41) is 18.6. The lowest BCUT2D eigenvalue weighted by molar-refractivity contribution is -0.0387. The van der Waals surface area contributed by atoms with Gasteiger partial charge in [-0.3, -0.25) is 4.79 Å². The van der Waals surface area contributed by atoms with E-state index in [1.807, 2.05) is 38.4 Å². The number of likely N-dealkylation sites (tertiary alicyclic amines) is 1. The summed E-state index contributed by atoms with van der Waals surface area (Å²) in [7, 11) is 4.01. The summed E-state index contributed by atoms with van der Waals surface area (Å²) in [6.07, 6.45) is 4.74. The van der Waals surface area contributed by atoms with Crippen molar-refractivity contribution in [2.24, 2.45) is 0 Å². The number of hydrogen-bond acceptors (Lipinski definition) is 5.